The Bertz CT molecular complexity index is 1280. The Kier molecular flexibility index (Phi) is 5.03. The highest BCUT2D eigenvalue weighted by atomic mass is 19.4. The Morgan fingerprint density at radius 2 is 0.844 bits per heavy atom. The smallest absolute Gasteiger partial charge is 0.284 e. The van der Waals surface area contributed by atoms with Gasteiger partial charge in [0.05, 0.1) is 0 Å². The van der Waals surface area contributed by atoms with E-state index in [0.29, 0.717) is 10.8 Å². The largest absolute Gasteiger partial charge is 0.454 e. The molecule has 0 heterocycles. The summed E-state index contributed by atoms with van der Waals surface area (Å²) in [6, 6.07) is 16.5. The molecule has 4 aromatic carbocycles. The Balaban J connectivity index is 2.23. The molecule has 4 rings (SSSR count). The van der Waals surface area contributed by atoms with Gasteiger partial charge in [-0.05, 0) is 33.7 Å². The average molecular weight is 446 g/mol. The zero-order valence-corrected chi connectivity index (χ0v) is 16.0. The molecule has 4 aromatic rings. The first-order valence-electron chi connectivity index (χ1n) is 9.27. The van der Waals surface area contributed by atoms with Crippen LogP contribution in [0.1, 0.15) is 20.7 Å². The lowest BCUT2D eigenvalue weighted by Crippen LogP contribution is -2.25. The van der Waals surface area contributed by atoms with E-state index in [-0.39, 0.29) is 21.9 Å². The van der Waals surface area contributed by atoms with Crippen LogP contribution in [-0.4, -0.2) is 23.9 Å². The summed E-state index contributed by atoms with van der Waals surface area (Å²) in [4.78, 5) is 24.6. The number of ketones is 2. The van der Waals surface area contributed by atoms with Gasteiger partial charge in [-0.25, -0.2) is 0 Å². The summed E-state index contributed by atoms with van der Waals surface area (Å²) in [5.74, 6) is -4.42. The van der Waals surface area contributed by atoms with Crippen molar-refractivity contribution in [1.82, 2.24) is 0 Å². The quantitative estimate of drug-likeness (QED) is 0.247. The fraction of sp³-hybridized carbons (Fsp3) is 0.0833. The van der Waals surface area contributed by atoms with Crippen LogP contribution in [0.4, 0.5) is 26.3 Å². The van der Waals surface area contributed by atoms with E-state index >= 15 is 0 Å². The van der Waals surface area contributed by atoms with Crippen LogP contribution in [0.5, 0.6) is 0 Å². The van der Waals surface area contributed by atoms with Crippen LogP contribution in [0.15, 0.2) is 72.8 Å². The molecule has 0 N–H and O–H groups in total. The third-order valence-corrected chi connectivity index (χ3v) is 5.11. The SMILES string of the molecule is O=C(c1ccc2ccccc2c1-c1c(C(=O)C(F)(F)F)ccc2ccccc12)C(F)(F)F. The predicted octanol–water partition coefficient (Wildman–Crippen LogP) is 7.15. The van der Waals surface area contributed by atoms with Gasteiger partial charge in [0.1, 0.15) is 0 Å². The van der Waals surface area contributed by atoms with Gasteiger partial charge in [0.2, 0.25) is 0 Å². The van der Waals surface area contributed by atoms with E-state index in [1.807, 2.05) is 0 Å². The maximum Gasteiger partial charge on any atom is 0.454 e. The molecular weight excluding hydrogens is 434 g/mol. The summed E-state index contributed by atoms with van der Waals surface area (Å²) in [6.45, 7) is 0. The van der Waals surface area contributed by atoms with Crippen LogP contribution >= 0.6 is 0 Å². The molecule has 0 spiro atoms. The normalized spacial score (nSPS) is 12.3. The van der Waals surface area contributed by atoms with Gasteiger partial charge in [-0.3, -0.25) is 9.59 Å². The van der Waals surface area contributed by atoms with Crippen LogP contribution in [0.3, 0.4) is 0 Å². The summed E-state index contributed by atoms with van der Waals surface area (Å²) in [5.41, 5.74) is -2.39. The molecule has 8 heteroatoms. The second-order valence-electron chi connectivity index (χ2n) is 7.07. The molecular formula is C24H12F6O2. The zero-order chi connectivity index (χ0) is 23.3. The number of benzene rings is 4. The standard InChI is InChI=1S/C24H12F6O2/c25-23(26,27)21(31)17-11-9-13-5-1-3-7-15(13)19(17)20-16-8-4-2-6-14(16)10-12-18(20)22(32)24(28,29)30/h1-12H. The number of rotatable bonds is 3. The van der Waals surface area contributed by atoms with Crippen molar-refractivity contribution in [3.05, 3.63) is 83.9 Å². The number of halogens is 6. The molecule has 0 bridgehead atoms. The maximum atomic E-state index is 13.4. The van der Waals surface area contributed by atoms with Gasteiger partial charge in [0.25, 0.3) is 11.6 Å². The Morgan fingerprint density at radius 3 is 1.19 bits per heavy atom. The molecule has 0 aliphatic heterocycles. The average Bonchev–Trinajstić information content (AvgIpc) is 2.75. The number of hydrogen-bond donors (Lipinski definition) is 0. The molecule has 0 fully saturated rings. The van der Waals surface area contributed by atoms with Crippen molar-refractivity contribution in [3.8, 4) is 11.1 Å². The molecule has 0 unspecified atom stereocenters. The van der Waals surface area contributed by atoms with Crippen molar-refractivity contribution in [2.75, 3.05) is 0 Å². The molecule has 2 nitrogen and oxygen atoms in total. The first-order chi connectivity index (χ1) is 15.0. The van der Waals surface area contributed by atoms with E-state index < -0.39 is 35.0 Å². The summed E-state index contributed by atoms with van der Waals surface area (Å²) >= 11 is 0. The Labute approximate surface area is 177 Å². The van der Waals surface area contributed by atoms with Gasteiger partial charge in [-0.2, -0.15) is 26.3 Å². The monoisotopic (exact) mass is 446 g/mol. The third-order valence-electron chi connectivity index (χ3n) is 5.11. The molecule has 0 saturated heterocycles. The first kappa shape index (κ1) is 21.5. The Morgan fingerprint density at radius 1 is 0.500 bits per heavy atom. The van der Waals surface area contributed by atoms with Gasteiger partial charge < -0.3 is 0 Å². The summed E-state index contributed by atoms with van der Waals surface area (Å²) in [7, 11) is 0. The molecule has 162 valence electrons. The lowest BCUT2D eigenvalue weighted by atomic mass is 9.84. The molecule has 0 aliphatic carbocycles. The van der Waals surface area contributed by atoms with E-state index in [1.165, 1.54) is 36.4 Å². The number of carbonyl (C=O) groups is 2. The van der Waals surface area contributed by atoms with Crippen LogP contribution in [0, 0.1) is 0 Å². The highest BCUT2D eigenvalue weighted by Crippen LogP contribution is 2.42. The minimum atomic E-state index is -5.27. The summed E-state index contributed by atoms with van der Waals surface area (Å²) < 4.78 is 80.4. The maximum absolute atomic E-state index is 13.4. The van der Waals surface area contributed by atoms with Crippen LogP contribution in [0.2, 0.25) is 0 Å². The number of alkyl halides is 6. The third kappa shape index (κ3) is 3.62. The van der Waals surface area contributed by atoms with Crippen molar-refractivity contribution in [3.63, 3.8) is 0 Å². The summed E-state index contributed by atoms with van der Waals surface area (Å²) in [6.07, 6.45) is -10.5. The summed E-state index contributed by atoms with van der Waals surface area (Å²) in [5, 5.41) is 1.05. The molecule has 0 amide bonds. The predicted molar refractivity (Wildman–Crippen MR) is 108 cm³/mol. The van der Waals surface area contributed by atoms with Gasteiger partial charge in [-0.1, -0.05) is 60.7 Å². The second-order valence-corrected chi connectivity index (χ2v) is 7.07. The highest BCUT2D eigenvalue weighted by Gasteiger charge is 2.43. The van der Waals surface area contributed by atoms with E-state index in [9.17, 15) is 35.9 Å². The second kappa shape index (κ2) is 7.47. The van der Waals surface area contributed by atoms with Gasteiger partial charge in [0.15, 0.2) is 0 Å². The van der Waals surface area contributed by atoms with Crippen LogP contribution < -0.4 is 0 Å². The van der Waals surface area contributed by atoms with E-state index in [1.54, 1.807) is 24.3 Å². The molecule has 0 atom stereocenters. The Hall–Kier alpha value is -3.68. The van der Waals surface area contributed by atoms with Crippen molar-refractivity contribution in [2.24, 2.45) is 0 Å². The molecule has 0 aromatic heterocycles. The minimum Gasteiger partial charge on any atom is -0.284 e. The van der Waals surface area contributed by atoms with E-state index in [0.717, 1.165) is 12.1 Å². The molecule has 32 heavy (non-hydrogen) atoms. The molecule has 0 aliphatic rings. The lowest BCUT2D eigenvalue weighted by Gasteiger charge is -2.19. The topological polar surface area (TPSA) is 34.1 Å². The van der Waals surface area contributed by atoms with Gasteiger partial charge in [-0.15, -0.1) is 0 Å². The number of carbonyl (C=O) groups excluding carboxylic acids is 2. The fourth-order valence-corrected chi connectivity index (χ4v) is 3.77. The first-order valence-corrected chi connectivity index (χ1v) is 9.27. The number of Topliss-reactive ketones (excluding diaryl/α,β-unsaturated/α-hetero) is 2. The zero-order valence-electron chi connectivity index (χ0n) is 16.0. The van der Waals surface area contributed by atoms with Gasteiger partial charge >= 0.3 is 12.4 Å². The molecule has 0 radical (unpaired) electrons. The van der Waals surface area contributed by atoms with Crippen molar-refractivity contribution in [2.45, 2.75) is 12.4 Å². The van der Waals surface area contributed by atoms with E-state index in [2.05, 4.69) is 0 Å². The van der Waals surface area contributed by atoms with Crippen LogP contribution in [0.25, 0.3) is 32.7 Å². The molecule has 0 saturated carbocycles. The number of hydrogen-bond acceptors (Lipinski definition) is 2. The number of fused-ring (bicyclic) bond motifs is 2. The van der Waals surface area contributed by atoms with Crippen molar-refractivity contribution >= 4 is 33.1 Å². The van der Waals surface area contributed by atoms with Crippen molar-refractivity contribution in [1.29, 1.82) is 0 Å². The minimum absolute atomic E-state index is 0.121. The fourth-order valence-electron chi connectivity index (χ4n) is 3.77. The van der Waals surface area contributed by atoms with Crippen molar-refractivity contribution < 1.29 is 35.9 Å². The lowest BCUT2D eigenvalue weighted by molar-refractivity contribution is -0.0888. The van der Waals surface area contributed by atoms with Gasteiger partial charge in [0, 0.05) is 22.3 Å². The van der Waals surface area contributed by atoms with Crippen LogP contribution in [-0.2, 0) is 0 Å². The van der Waals surface area contributed by atoms with E-state index in [4.69, 9.17) is 0 Å². The highest BCUT2D eigenvalue weighted by molar-refractivity contribution is 6.20.